The SMILES string of the molecule is O=c1[nH]cc(Br)c(=O)n1CCO. The molecule has 0 saturated carbocycles. The molecule has 6 heteroatoms. The van der Waals surface area contributed by atoms with Gasteiger partial charge in [-0.2, -0.15) is 0 Å². The van der Waals surface area contributed by atoms with Crippen molar-refractivity contribution in [3.8, 4) is 0 Å². The zero-order valence-electron chi connectivity index (χ0n) is 6.08. The first-order valence-electron chi connectivity index (χ1n) is 3.25. The number of H-pyrrole nitrogens is 1. The Kier molecular flexibility index (Phi) is 2.83. The van der Waals surface area contributed by atoms with Crippen LogP contribution in [0.5, 0.6) is 0 Å². The number of rotatable bonds is 2. The Hall–Kier alpha value is -0.880. The van der Waals surface area contributed by atoms with Gasteiger partial charge in [0.2, 0.25) is 0 Å². The summed E-state index contributed by atoms with van der Waals surface area (Å²) in [7, 11) is 0. The van der Waals surface area contributed by atoms with Gasteiger partial charge in [0.15, 0.2) is 0 Å². The van der Waals surface area contributed by atoms with Crippen molar-refractivity contribution in [1.29, 1.82) is 0 Å². The standard InChI is InChI=1S/C6H7BrN2O3/c7-4-3-8-6(12)9(1-2-10)5(4)11/h3,10H,1-2H2,(H,8,12). The summed E-state index contributed by atoms with van der Waals surface area (Å²) in [5.74, 6) is 0. The smallest absolute Gasteiger partial charge is 0.328 e. The van der Waals surface area contributed by atoms with Crippen LogP contribution in [0, 0.1) is 0 Å². The minimum absolute atomic E-state index is 0.00755. The third-order valence-corrected chi connectivity index (χ3v) is 1.91. The molecule has 0 saturated heterocycles. The van der Waals surface area contributed by atoms with E-state index >= 15 is 0 Å². The Balaban J connectivity index is 3.34. The van der Waals surface area contributed by atoms with Crippen LogP contribution in [0.1, 0.15) is 0 Å². The normalized spacial score (nSPS) is 10.2. The van der Waals surface area contributed by atoms with Crippen LogP contribution in [0.3, 0.4) is 0 Å². The lowest BCUT2D eigenvalue weighted by molar-refractivity contribution is 0.271. The maximum Gasteiger partial charge on any atom is 0.328 e. The maximum atomic E-state index is 11.2. The summed E-state index contributed by atoms with van der Waals surface area (Å²) in [5, 5.41) is 8.53. The quantitative estimate of drug-likeness (QED) is 0.711. The van der Waals surface area contributed by atoms with E-state index in [9.17, 15) is 9.59 Å². The second-order valence-electron chi connectivity index (χ2n) is 2.12. The number of hydrogen-bond donors (Lipinski definition) is 2. The molecule has 0 unspecified atom stereocenters. The summed E-state index contributed by atoms with van der Waals surface area (Å²) in [6.45, 7) is -0.229. The molecule has 1 aromatic rings. The van der Waals surface area contributed by atoms with Crippen LogP contribution in [-0.2, 0) is 6.54 Å². The molecule has 0 spiro atoms. The van der Waals surface area contributed by atoms with E-state index in [1.165, 1.54) is 6.20 Å². The second-order valence-corrected chi connectivity index (χ2v) is 2.98. The Labute approximate surface area is 75.8 Å². The van der Waals surface area contributed by atoms with Gasteiger partial charge in [0.1, 0.15) is 0 Å². The highest BCUT2D eigenvalue weighted by atomic mass is 79.9. The second kappa shape index (κ2) is 3.68. The predicted molar refractivity (Wildman–Crippen MR) is 46.1 cm³/mol. The molecule has 2 N–H and O–H groups in total. The van der Waals surface area contributed by atoms with Crippen LogP contribution in [-0.4, -0.2) is 21.3 Å². The summed E-state index contributed by atoms with van der Waals surface area (Å²) in [4.78, 5) is 24.5. The van der Waals surface area contributed by atoms with Gasteiger partial charge < -0.3 is 10.1 Å². The number of aliphatic hydroxyl groups excluding tert-OH is 1. The summed E-state index contributed by atoms with van der Waals surface area (Å²) in [6.07, 6.45) is 1.28. The molecule has 1 rings (SSSR count). The lowest BCUT2D eigenvalue weighted by Gasteiger charge is -2.00. The molecule has 0 aliphatic heterocycles. The molecule has 0 fully saturated rings. The highest BCUT2D eigenvalue weighted by Crippen LogP contribution is 1.95. The van der Waals surface area contributed by atoms with E-state index in [2.05, 4.69) is 20.9 Å². The fourth-order valence-corrected chi connectivity index (χ4v) is 1.12. The van der Waals surface area contributed by atoms with Gasteiger partial charge in [0, 0.05) is 6.20 Å². The molecule has 0 aliphatic carbocycles. The van der Waals surface area contributed by atoms with Crippen molar-refractivity contribution in [3.63, 3.8) is 0 Å². The molecular weight excluding hydrogens is 228 g/mol. The van der Waals surface area contributed by atoms with Crippen molar-refractivity contribution in [2.75, 3.05) is 6.61 Å². The van der Waals surface area contributed by atoms with Gasteiger partial charge in [0.25, 0.3) is 5.56 Å². The number of aromatic nitrogens is 2. The largest absolute Gasteiger partial charge is 0.395 e. The van der Waals surface area contributed by atoms with E-state index in [-0.39, 0.29) is 17.6 Å². The number of nitrogens with zero attached hydrogens (tertiary/aromatic N) is 1. The third-order valence-electron chi connectivity index (χ3n) is 1.34. The van der Waals surface area contributed by atoms with Gasteiger partial charge in [-0.1, -0.05) is 0 Å². The maximum absolute atomic E-state index is 11.2. The molecule has 12 heavy (non-hydrogen) atoms. The predicted octanol–water partition coefficient (Wildman–Crippen LogP) is -0.709. The number of nitrogens with one attached hydrogen (secondary N) is 1. The molecule has 0 amide bonds. The summed E-state index contributed by atoms with van der Waals surface area (Å²) >= 11 is 2.97. The first-order valence-corrected chi connectivity index (χ1v) is 4.05. The van der Waals surface area contributed by atoms with Crippen LogP contribution in [0.25, 0.3) is 0 Å². The average Bonchev–Trinajstić information content (AvgIpc) is 2.06. The summed E-state index contributed by atoms with van der Waals surface area (Å²) in [5.41, 5.74) is -0.954. The minimum atomic E-state index is -0.516. The molecule has 66 valence electrons. The average molecular weight is 235 g/mol. The minimum Gasteiger partial charge on any atom is -0.395 e. The van der Waals surface area contributed by atoms with Crippen LogP contribution in [0.2, 0.25) is 0 Å². The van der Waals surface area contributed by atoms with Gasteiger partial charge in [-0.3, -0.25) is 9.36 Å². The van der Waals surface area contributed by atoms with E-state index in [4.69, 9.17) is 5.11 Å². The highest BCUT2D eigenvalue weighted by Gasteiger charge is 2.02. The van der Waals surface area contributed by atoms with Gasteiger partial charge in [-0.05, 0) is 15.9 Å². The van der Waals surface area contributed by atoms with Crippen molar-refractivity contribution in [2.45, 2.75) is 6.54 Å². The summed E-state index contributed by atoms with van der Waals surface area (Å²) < 4.78 is 1.19. The number of aromatic amines is 1. The van der Waals surface area contributed by atoms with Crippen molar-refractivity contribution >= 4 is 15.9 Å². The fraction of sp³-hybridized carbons (Fsp3) is 0.333. The molecular formula is C6H7BrN2O3. The Morgan fingerprint density at radius 2 is 2.25 bits per heavy atom. The molecule has 1 aromatic heterocycles. The molecule has 0 atom stereocenters. The Morgan fingerprint density at radius 3 is 2.83 bits per heavy atom. The number of hydrogen-bond acceptors (Lipinski definition) is 3. The van der Waals surface area contributed by atoms with Gasteiger partial charge in [0.05, 0.1) is 17.6 Å². The molecule has 1 heterocycles. The Bertz CT molecular complexity index is 381. The fourth-order valence-electron chi connectivity index (χ4n) is 0.789. The molecule has 0 aromatic carbocycles. The number of aliphatic hydroxyl groups is 1. The first-order chi connectivity index (χ1) is 5.66. The Morgan fingerprint density at radius 1 is 1.58 bits per heavy atom. The van der Waals surface area contributed by atoms with Crippen LogP contribution in [0.15, 0.2) is 20.3 Å². The van der Waals surface area contributed by atoms with Crippen LogP contribution < -0.4 is 11.2 Å². The van der Waals surface area contributed by atoms with Crippen LogP contribution in [0.4, 0.5) is 0 Å². The van der Waals surface area contributed by atoms with E-state index in [0.717, 1.165) is 4.57 Å². The van der Waals surface area contributed by atoms with Crippen molar-refractivity contribution in [2.24, 2.45) is 0 Å². The van der Waals surface area contributed by atoms with Crippen LogP contribution >= 0.6 is 15.9 Å². The molecule has 0 bridgehead atoms. The van der Waals surface area contributed by atoms with Crippen molar-refractivity contribution in [3.05, 3.63) is 31.5 Å². The zero-order valence-corrected chi connectivity index (χ0v) is 7.67. The summed E-state index contributed by atoms with van der Waals surface area (Å²) in [6, 6.07) is 0. The lowest BCUT2D eigenvalue weighted by atomic mass is 10.6. The molecule has 0 radical (unpaired) electrons. The van der Waals surface area contributed by atoms with E-state index < -0.39 is 11.2 Å². The van der Waals surface area contributed by atoms with Crippen molar-refractivity contribution < 1.29 is 5.11 Å². The van der Waals surface area contributed by atoms with Gasteiger partial charge in [-0.25, -0.2) is 4.79 Å². The third kappa shape index (κ3) is 1.64. The van der Waals surface area contributed by atoms with Gasteiger partial charge in [-0.15, -0.1) is 0 Å². The lowest BCUT2D eigenvalue weighted by Crippen LogP contribution is -2.35. The van der Waals surface area contributed by atoms with E-state index in [1.807, 2.05) is 0 Å². The first kappa shape index (κ1) is 9.21. The van der Waals surface area contributed by atoms with E-state index in [0.29, 0.717) is 0 Å². The zero-order chi connectivity index (χ0) is 9.14. The highest BCUT2D eigenvalue weighted by molar-refractivity contribution is 9.10. The van der Waals surface area contributed by atoms with E-state index in [1.54, 1.807) is 0 Å². The topological polar surface area (TPSA) is 75.1 Å². The number of halogens is 1. The monoisotopic (exact) mass is 234 g/mol. The molecule has 0 aliphatic rings. The molecule has 5 nitrogen and oxygen atoms in total. The van der Waals surface area contributed by atoms with Gasteiger partial charge >= 0.3 is 5.69 Å². The van der Waals surface area contributed by atoms with Crippen molar-refractivity contribution in [1.82, 2.24) is 9.55 Å².